The second kappa shape index (κ2) is 9.87. The fourth-order valence-electron chi connectivity index (χ4n) is 4.57. The second-order valence-corrected chi connectivity index (χ2v) is 9.44. The molecule has 1 aliphatic rings. The number of carbonyl (C=O) groups is 2. The van der Waals surface area contributed by atoms with Crippen molar-refractivity contribution in [3.8, 4) is 28.7 Å². The van der Waals surface area contributed by atoms with Gasteiger partial charge in [-0.2, -0.15) is 0 Å². The molecule has 1 amide bonds. The summed E-state index contributed by atoms with van der Waals surface area (Å²) in [5, 5.41) is 9.14. The summed E-state index contributed by atoms with van der Waals surface area (Å²) in [4.78, 5) is 26.1. The number of nitrogens with zero attached hydrogens (tertiary/aromatic N) is 1. The van der Waals surface area contributed by atoms with Crippen molar-refractivity contribution in [3.63, 3.8) is 0 Å². The maximum absolute atomic E-state index is 13.9. The monoisotopic (exact) mass is 485 g/mol. The Balaban J connectivity index is 1.55. The molecule has 1 heterocycles. The van der Waals surface area contributed by atoms with E-state index in [9.17, 15) is 14.0 Å². The summed E-state index contributed by atoms with van der Waals surface area (Å²) in [6, 6.07) is 17.5. The summed E-state index contributed by atoms with van der Waals surface area (Å²) >= 11 is 0. The molecule has 0 saturated heterocycles. The molecule has 3 aromatic carbocycles. The number of hydrogen-bond donors (Lipinski definition) is 1. The number of aliphatic carboxylic acids is 1. The molecule has 0 fully saturated rings. The molecule has 6 heteroatoms. The standard InChI is InChI=1S/C30H28FNO4/c1-5-6-21(16-28(33)34)20-8-12-24(13-9-20)36-18-32-27-14-10-22(15-26(27)30(3,4)29(32)35)25-17-23(31)11-7-19(25)2/h7-15,17,21H,16,18H2,1-4H3,(H,33,34). The van der Waals surface area contributed by atoms with Gasteiger partial charge in [0.15, 0.2) is 6.73 Å². The zero-order chi connectivity index (χ0) is 26.0. The summed E-state index contributed by atoms with van der Waals surface area (Å²) < 4.78 is 19.8. The number of carboxylic acids is 1. The molecular formula is C30H28FNO4. The third kappa shape index (κ3) is 4.83. The second-order valence-electron chi connectivity index (χ2n) is 9.44. The molecule has 4 rings (SSSR count). The minimum Gasteiger partial charge on any atom is -0.481 e. The predicted octanol–water partition coefficient (Wildman–Crippen LogP) is 6.04. The van der Waals surface area contributed by atoms with Crippen LogP contribution in [-0.4, -0.2) is 23.7 Å². The van der Waals surface area contributed by atoms with Crippen molar-refractivity contribution >= 4 is 17.6 Å². The molecule has 0 aliphatic carbocycles. The van der Waals surface area contributed by atoms with E-state index in [1.807, 2.05) is 39.0 Å². The van der Waals surface area contributed by atoms with E-state index in [4.69, 9.17) is 9.84 Å². The van der Waals surface area contributed by atoms with Gasteiger partial charge in [0.2, 0.25) is 5.91 Å². The molecule has 1 N–H and O–H groups in total. The van der Waals surface area contributed by atoms with Crippen LogP contribution in [0.25, 0.3) is 11.1 Å². The SMILES string of the molecule is CC#CC(CC(=O)O)c1ccc(OCN2C(=O)C(C)(C)c3cc(-c4cc(F)ccc4C)ccc32)cc1. The van der Waals surface area contributed by atoms with Gasteiger partial charge in [-0.05, 0) is 91.9 Å². The van der Waals surface area contributed by atoms with Crippen LogP contribution in [-0.2, 0) is 15.0 Å². The van der Waals surface area contributed by atoms with E-state index in [-0.39, 0.29) is 24.9 Å². The number of carboxylic acid groups (broad SMARTS) is 1. The quantitative estimate of drug-likeness (QED) is 0.414. The molecule has 1 unspecified atom stereocenters. The lowest BCUT2D eigenvalue weighted by Crippen LogP contribution is -2.38. The normalized spacial score (nSPS) is 14.6. The zero-order valence-electron chi connectivity index (χ0n) is 20.8. The van der Waals surface area contributed by atoms with Crippen LogP contribution in [0.2, 0.25) is 0 Å². The lowest BCUT2D eigenvalue weighted by Gasteiger charge is -2.21. The molecule has 0 saturated carbocycles. The molecule has 0 bridgehead atoms. The maximum Gasteiger partial charge on any atom is 0.304 e. The number of carbonyl (C=O) groups excluding carboxylic acids is 1. The maximum atomic E-state index is 13.9. The Kier molecular flexibility index (Phi) is 6.85. The first-order chi connectivity index (χ1) is 17.1. The number of halogens is 1. The molecule has 1 aliphatic heterocycles. The summed E-state index contributed by atoms with van der Waals surface area (Å²) in [7, 11) is 0. The average molecular weight is 486 g/mol. The fourth-order valence-corrected chi connectivity index (χ4v) is 4.57. The highest BCUT2D eigenvalue weighted by Gasteiger charge is 2.44. The highest BCUT2D eigenvalue weighted by Crippen LogP contribution is 2.43. The van der Waals surface area contributed by atoms with E-state index < -0.39 is 17.3 Å². The first-order valence-corrected chi connectivity index (χ1v) is 11.7. The Morgan fingerprint density at radius 2 is 1.83 bits per heavy atom. The van der Waals surface area contributed by atoms with Gasteiger partial charge >= 0.3 is 5.97 Å². The smallest absolute Gasteiger partial charge is 0.304 e. The van der Waals surface area contributed by atoms with Crippen molar-refractivity contribution in [1.29, 1.82) is 0 Å². The molecule has 5 nitrogen and oxygen atoms in total. The third-order valence-electron chi connectivity index (χ3n) is 6.59. The van der Waals surface area contributed by atoms with Gasteiger partial charge in [0, 0.05) is 0 Å². The third-order valence-corrected chi connectivity index (χ3v) is 6.59. The minimum absolute atomic E-state index is 0.0280. The van der Waals surface area contributed by atoms with Crippen molar-refractivity contribution < 1.29 is 23.8 Å². The molecule has 0 aromatic heterocycles. The number of ether oxygens (including phenoxy) is 1. The number of anilines is 1. The van der Waals surface area contributed by atoms with Crippen LogP contribution in [0.3, 0.4) is 0 Å². The topological polar surface area (TPSA) is 66.8 Å². The highest BCUT2D eigenvalue weighted by atomic mass is 19.1. The summed E-state index contributed by atoms with van der Waals surface area (Å²) in [6.45, 7) is 7.40. The summed E-state index contributed by atoms with van der Waals surface area (Å²) in [6.07, 6.45) is -0.0771. The van der Waals surface area contributed by atoms with E-state index in [1.54, 1.807) is 42.2 Å². The van der Waals surface area contributed by atoms with Crippen LogP contribution < -0.4 is 9.64 Å². The Morgan fingerprint density at radius 3 is 2.50 bits per heavy atom. The number of benzene rings is 3. The largest absolute Gasteiger partial charge is 0.481 e. The van der Waals surface area contributed by atoms with Crippen LogP contribution in [0.5, 0.6) is 5.75 Å². The number of aryl methyl sites for hydroxylation is 1. The molecule has 3 aromatic rings. The van der Waals surface area contributed by atoms with Crippen LogP contribution in [0, 0.1) is 24.6 Å². The molecule has 36 heavy (non-hydrogen) atoms. The van der Waals surface area contributed by atoms with E-state index in [1.165, 1.54) is 12.1 Å². The van der Waals surface area contributed by atoms with Gasteiger partial charge in [-0.25, -0.2) is 4.39 Å². The van der Waals surface area contributed by atoms with Crippen molar-refractivity contribution in [1.82, 2.24) is 0 Å². The Bertz CT molecular complexity index is 1380. The highest BCUT2D eigenvalue weighted by molar-refractivity contribution is 6.08. The Morgan fingerprint density at radius 1 is 1.11 bits per heavy atom. The van der Waals surface area contributed by atoms with Crippen molar-refractivity contribution in [2.45, 2.75) is 45.4 Å². The summed E-state index contributed by atoms with van der Waals surface area (Å²) in [5.41, 5.74) is 4.27. The molecule has 0 spiro atoms. The number of fused-ring (bicyclic) bond motifs is 1. The first kappa shape index (κ1) is 25.0. The van der Waals surface area contributed by atoms with Gasteiger partial charge in [-0.3, -0.25) is 14.5 Å². The molecule has 184 valence electrons. The van der Waals surface area contributed by atoms with Crippen LogP contribution >= 0.6 is 0 Å². The van der Waals surface area contributed by atoms with Gasteiger partial charge < -0.3 is 9.84 Å². The van der Waals surface area contributed by atoms with Gasteiger partial charge in [-0.1, -0.05) is 30.2 Å². The van der Waals surface area contributed by atoms with Crippen LogP contribution in [0.1, 0.15) is 49.8 Å². The van der Waals surface area contributed by atoms with Gasteiger partial charge in [0.05, 0.1) is 23.4 Å². The van der Waals surface area contributed by atoms with E-state index in [0.29, 0.717) is 5.75 Å². The van der Waals surface area contributed by atoms with Gasteiger partial charge in [0.1, 0.15) is 11.6 Å². The van der Waals surface area contributed by atoms with Gasteiger partial charge in [0.25, 0.3) is 0 Å². The van der Waals surface area contributed by atoms with Crippen LogP contribution in [0.4, 0.5) is 10.1 Å². The van der Waals surface area contributed by atoms with E-state index in [2.05, 4.69) is 11.8 Å². The molecular weight excluding hydrogens is 457 g/mol. The van der Waals surface area contributed by atoms with E-state index >= 15 is 0 Å². The first-order valence-electron chi connectivity index (χ1n) is 11.7. The lowest BCUT2D eigenvalue weighted by atomic mass is 9.84. The summed E-state index contributed by atoms with van der Waals surface area (Å²) in [5.74, 6) is 4.58. The predicted molar refractivity (Wildman–Crippen MR) is 137 cm³/mol. The lowest BCUT2D eigenvalue weighted by molar-refractivity contribution is -0.137. The van der Waals surface area contributed by atoms with Crippen molar-refractivity contribution in [3.05, 3.63) is 83.2 Å². The fraction of sp³-hybridized carbons (Fsp3) is 0.267. The van der Waals surface area contributed by atoms with Crippen molar-refractivity contribution in [2.24, 2.45) is 0 Å². The zero-order valence-corrected chi connectivity index (χ0v) is 20.8. The van der Waals surface area contributed by atoms with E-state index in [0.717, 1.165) is 33.5 Å². The number of hydrogen-bond acceptors (Lipinski definition) is 3. The minimum atomic E-state index is -0.910. The Labute approximate surface area is 210 Å². The number of amides is 1. The Hall–Kier alpha value is -4.11. The van der Waals surface area contributed by atoms with Crippen molar-refractivity contribution in [2.75, 3.05) is 11.6 Å². The van der Waals surface area contributed by atoms with Gasteiger partial charge in [-0.15, -0.1) is 5.92 Å². The average Bonchev–Trinajstić information content (AvgIpc) is 3.03. The number of rotatable bonds is 7. The van der Waals surface area contributed by atoms with Crippen LogP contribution in [0.15, 0.2) is 60.7 Å². The molecule has 1 atom stereocenters. The molecule has 0 radical (unpaired) electrons.